The fourth-order valence-electron chi connectivity index (χ4n) is 2.79. The highest BCUT2D eigenvalue weighted by molar-refractivity contribution is 9.10. The predicted molar refractivity (Wildman–Crippen MR) is 90.5 cm³/mol. The van der Waals surface area contributed by atoms with Gasteiger partial charge in [-0.1, -0.05) is 29.8 Å². The van der Waals surface area contributed by atoms with Gasteiger partial charge in [0, 0.05) is 42.9 Å². The third kappa shape index (κ3) is 4.21. The van der Waals surface area contributed by atoms with Crippen molar-refractivity contribution in [2.24, 2.45) is 0 Å². The standard InChI is InChI=1S/C16H26BrN3/c1-3-7-19-8-10-20(11-9-19)16-6-5-15(17)12-14(16)13-18-4-2/h5-6,12,18H,3-4,7-11,13H2,1-2H3. The summed E-state index contributed by atoms with van der Waals surface area (Å²) in [5, 5.41) is 3.44. The van der Waals surface area contributed by atoms with Crippen molar-refractivity contribution in [1.82, 2.24) is 10.2 Å². The first-order valence-electron chi connectivity index (χ1n) is 7.71. The monoisotopic (exact) mass is 339 g/mol. The normalized spacial score (nSPS) is 16.6. The highest BCUT2D eigenvalue weighted by atomic mass is 79.9. The van der Waals surface area contributed by atoms with Gasteiger partial charge in [-0.2, -0.15) is 0 Å². The highest BCUT2D eigenvalue weighted by Crippen LogP contribution is 2.25. The first-order valence-corrected chi connectivity index (χ1v) is 8.50. The van der Waals surface area contributed by atoms with Crippen molar-refractivity contribution in [1.29, 1.82) is 0 Å². The van der Waals surface area contributed by atoms with Crippen molar-refractivity contribution in [3.63, 3.8) is 0 Å². The van der Waals surface area contributed by atoms with Gasteiger partial charge in [-0.05, 0) is 43.3 Å². The molecule has 0 spiro atoms. The fraction of sp³-hybridized carbons (Fsp3) is 0.625. The minimum atomic E-state index is 0.945. The Balaban J connectivity index is 2.04. The molecule has 1 saturated heterocycles. The van der Waals surface area contributed by atoms with Crippen LogP contribution in [0, 0.1) is 0 Å². The smallest absolute Gasteiger partial charge is 0.0413 e. The molecular weight excluding hydrogens is 314 g/mol. The summed E-state index contributed by atoms with van der Waals surface area (Å²) in [7, 11) is 0. The first-order chi connectivity index (χ1) is 9.74. The molecule has 1 aliphatic heterocycles. The molecule has 0 amide bonds. The van der Waals surface area contributed by atoms with E-state index in [1.165, 1.54) is 41.8 Å². The van der Waals surface area contributed by atoms with Gasteiger partial charge in [0.15, 0.2) is 0 Å². The van der Waals surface area contributed by atoms with Gasteiger partial charge in [0.05, 0.1) is 0 Å². The Morgan fingerprint density at radius 3 is 2.55 bits per heavy atom. The lowest BCUT2D eigenvalue weighted by Gasteiger charge is -2.37. The molecule has 20 heavy (non-hydrogen) atoms. The number of anilines is 1. The average molecular weight is 340 g/mol. The lowest BCUT2D eigenvalue weighted by atomic mass is 10.1. The van der Waals surface area contributed by atoms with Crippen molar-refractivity contribution >= 4 is 21.6 Å². The fourth-order valence-corrected chi connectivity index (χ4v) is 3.20. The summed E-state index contributed by atoms with van der Waals surface area (Å²) in [6.07, 6.45) is 1.25. The summed E-state index contributed by atoms with van der Waals surface area (Å²) in [4.78, 5) is 5.10. The molecule has 1 aliphatic rings. The molecule has 1 aromatic carbocycles. The van der Waals surface area contributed by atoms with Gasteiger partial charge in [-0.25, -0.2) is 0 Å². The van der Waals surface area contributed by atoms with Gasteiger partial charge in [-0.15, -0.1) is 0 Å². The van der Waals surface area contributed by atoms with Crippen LogP contribution in [0.3, 0.4) is 0 Å². The Morgan fingerprint density at radius 2 is 1.90 bits per heavy atom. The van der Waals surface area contributed by atoms with Crippen LogP contribution < -0.4 is 10.2 Å². The number of hydrogen-bond acceptors (Lipinski definition) is 3. The molecule has 0 unspecified atom stereocenters. The number of hydrogen-bond donors (Lipinski definition) is 1. The SMILES string of the molecule is CCCN1CCN(c2ccc(Br)cc2CNCC)CC1. The Bertz CT molecular complexity index is 414. The van der Waals surface area contributed by atoms with E-state index in [9.17, 15) is 0 Å². The third-order valence-electron chi connectivity index (χ3n) is 3.86. The van der Waals surface area contributed by atoms with Crippen molar-refractivity contribution in [3.05, 3.63) is 28.2 Å². The van der Waals surface area contributed by atoms with E-state index in [0.717, 1.165) is 26.2 Å². The quantitative estimate of drug-likeness (QED) is 0.859. The molecule has 0 aromatic heterocycles. The first kappa shape index (κ1) is 15.8. The molecule has 1 heterocycles. The maximum atomic E-state index is 3.59. The Hall–Kier alpha value is -0.580. The van der Waals surface area contributed by atoms with Gasteiger partial charge < -0.3 is 10.2 Å². The minimum Gasteiger partial charge on any atom is -0.369 e. The summed E-state index contributed by atoms with van der Waals surface area (Å²) in [5.41, 5.74) is 2.79. The number of piperazine rings is 1. The molecule has 3 nitrogen and oxygen atoms in total. The third-order valence-corrected chi connectivity index (χ3v) is 4.35. The highest BCUT2D eigenvalue weighted by Gasteiger charge is 2.18. The summed E-state index contributed by atoms with van der Waals surface area (Å²) >= 11 is 3.59. The molecule has 0 saturated carbocycles. The van der Waals surface area contributed by atoms with Gasteiger partial charge in [0.1, 0.15) is 0 Å². The lowest BCUT2D eigenvalue weighted by molar-refractivity contribution is 0.258. The van der Waals surface area contributed by atoms with Crippen LogP contribution in [0.4, 0.5) is 5.69 Å². The largest absolute Gasteiger partial charge is 0.369 e. The second kappa shape index (κ2) is 8.01. The van der Waals surface area contributed by atoms with Crippen molar-refractivity contribution in [2.75, 3.05) is 44.2 Å². The summed E-state index contributed by atoms with van der Waals surface area (Å²) in [6, 6.07) is 6.66. The zero-order valence-corrected chi connectivity index (χ0v) is 14.2. The van der Waals surface area contributed by atoms with Crippen molar-refractivity contribution < 1.29 is 0 Å². The van der Waals surface area contributed by atoms with E-state index in [-0.39, 0.29) is 0 Å². The van der Waals surface area contributed by atoms with E-state index < -0.39 is 0 Å². The summed E-state index contributed by atoms with van der Waals surface area (Å²) < 4.78 is 1.17. The molecular formula is C16H26BrN3. The molecule has 1 N–H and O–H groups in total. The maximum absolute atomic E-state index is 3.59. The summed E-state index contributed by atoms with van der Waals surface area (Å²) in [6.45, 7) is 12.3. The maximum Gasteiger partial charge on any atom is 0.0413 e. The minimum absolute atomic E-state index is 0.945. The van der Waals surface area contributed by atoms with Crippen LogP contribution in [0.25, 0.3) is 0 Å². The number of nitrogens with one attached hydrogen (secondary N) is 1. The van der Waals surface area contributed by atoms with Crippen LogP contribution in [0.1, 0.15) is 25.8 Å². The molecule has 0 atom stereocenters. The Kier molecular flexibility index (Phi) is 6.33. The van der Waals surface area contributed by atoms with E-state index in [1.54, 1.807) is 0 Å². The van der Waals surface area contributed by atoms with E-state index in [4.69, 9.17) is 0 Å². The second-order valence-corrected chi connectivity index (χ2v) is 6.30. The van der Waals surface area contributed by atoms with Gasteiger partial charge in [-0.3, -0.25) is 4.90 Å². The van der Waals surface area contributed by atoms with E-state index >= 15 is 0 Å². The summed E-state index contributed by atoms with van der Waals surface area (Å²) in [5.74, 6) is 0. The van der Waals surface area contributed by atoms with Crippen LogP contribution >= 0.6 is 15.9 Å². The molecule has 112 valence electrons. The van der Waals surface area contributed by atoms with Crippen LogP contribution in [0.15, 0.2) is 22.7 Å². The van der Waals surface area contributed by atoms with Gasteiger partial charge >= 0.3 is 0 Å². The molecule has 1 aromatic rings. The average Bonchev–Trinajstić information content (AvgIpc) is 2.47. The van der Waals surface area contributed by atoms with Crippen molar-refractivity contribution in [3.8, 4) is 0 Å². The molecule has 2 rings (SSSR count). The number of halogens is 1. The van der Waals surface area contributed by atoms with Gasteiger partial charge in [0.25, 0.3) is 0 Å². The predicted octanol–water partition coefficient (Wildman–Crippen LogP) is 3.09. The van der Waals surface area contributed by atoms with Crippen LogP contribution in [0.2, 0.25) is 0 Å². The van der Waals surface area contributed by atoms with Crippen LogP contribution in [-0.4, -0.2) is 44.2 Å². The number of benzene rings is 1. The Labute approximate surface area is 131 Å². The Morgan fingerprint density at radius 1 is 1.15 bits per heavy atom. The lowest BCUT2D eigenvalue weighted by Crippen LogP contribution is -2.46. The molecule has 4 heteroatoms. The zero-order chi connectivity index (χ0) is 14.4. The second-order valence-electron chi connectivity index (χ2n) is 5.38. The topological polar surface area (TPSA) is 18.5 Å². The molecule has 0 aliphatic carbocycles. The van der Waals surface area contributed by atoms with Crippen LogP contribution in [-0.2, 0) is 6.54 Å². The molecule has 0 radical (unpaired) electrons. The molecule has 1 fully saturated rings. The van der Waals surface area contributed by atoms with E-state index in [2.05, 4.69) is 63.1 Å². The van der Waals surface area contributed by atoms with Gasteiger partial charge in [0.2, 0.25) is 0 Å². The number of nitrogens with zero attached hydrogens (tertiary/aromatic N) is 2. The molecule has 0 bridgehead atoms. The van der Waals surface area contributed by atoms with Crippen LogP contribution in [0.5, 0.6) is 0 Å². The van der Waals surface area contributed by atoms with E-state index in [1.807, 2.05) is 0 Å². The van der Waals surface area contributed by atoms with Crippen molar-refractivity contribution in [2.45, 2.75) is 26.8 Å². The van der Waals surface area contributed by atoms with E-state index in [0.29, 0.717) is 0 Å². The number of rotatable bonds is 6. The zero-order valence-electron chi connectivity index (χ0n) is 12.7.